The summed E-state index contributed by atoms with van der Waals surface area (Å²) < 4.78 is 0. The van der Waals surface area contributed by atoms with E-state index in [0.29, 0.717) is 12.8 Å². The van der Waals surface area contributed by atoms with E-state index in [4.69, 9.17) is 11.6 Å². The highest BCUT2D eigenvalue weighted by Crippen LogP contribution is 2.19. The fourth-order valence-corrected chi connectivity index (χ4v) is 1.84. The lowest BCUT2D eigenvalue weighted by Gasteiger charge is -2.04. The smallest absolute Gasteiger partial charge is 0.221 e. The molecule has 0 fully saturated rings. The molecule has 0 aliphatic heterocycles. The van der Waals surface area contributed by atoms with Crippen molar-refractivity contribution in [1.29, 1.82) is 0 Å². The van der Waals surface area contributed by atoms with Crippen molar-refractivity contribution in [3.05, 3.63) is 48.0 Å². The Morgan fingerprint density at radius 2 is 1.80 bits per heavy atom. The highest BCUT2D eigenvalue weighted by molar-refractivity contribution is 6.63. The molecular weight excluding hydrogens is 208 g/mol. The number of fused-ring (bicyclic) bond motifs is 1. The summed E-state index contributed by atoms with van der Waals surface area (Å²) in [5.74, 6) is 0. The molecule has 76 valence electrons. The molecule has 0 unspecified atom stereocenters. The Morgan fingerprint density at radius 1 is 1.07 bits per heavy atom. The highest BCUT2D eigenvalue weighted by Gasteiger charge is 2.02. The second-order valence-corrected chi connectivity index (χ2v) is 3.91. The maximum absolute atomic E-state index is 10.7. The Morgan fingerprint density at radius 3 is 2.60 bits per heavy atom. The number of aryl methyl sites for hydroxylation is 1. The van der Waals surface area contributed by atoms with E-state index >= 15 is 0 Å². The lowest BCUT2D eigenvalue weighted by molar-refractivity contribution is -0.111. The second-order valence-electron chi connectivity index (χ2n) is 3.49. The molecule has 15 heavy (non-hydrogen) atoms. The van der Waals surface area contributed by atoms with Crippen molar-refractivity contribution in [3.8, 4) is 0 Å². The van der Waals surface area contributed by atoms with Gasteiger partial charge in [-0.3, -0.25) is 4.79 Å². The summed E-state index contributed by atoms with van der Waals surface area (Å²) in [7, 11) is 0. The predicted octanol–water partition coefficient (Wildman–Crippen LogP) is 3.54. The van der Waals surface area contributed by atoms with Crippen LogP contribution in [0.2, 0.25) is 0 Å². The van der Waals surface area contributed by atoms with Crippen molar-refractivity contribution < 1.29 is 4.79 Å². The van der Waals surface area contributed by atoms with E-state index in [0.717, 1.165) is 0 Å². The molecule has 0 aliphatic carbocycles. The third-order valence-corrected chi connectivity index (χ3v) is 2.66. The molecule has 2 aromatic rings. The molecule has 0 saturated heterocycles. The monoisotopic (exact) mass is 218 g/mol. The summed E-state index contributed by atoms with van der Waals surface area (Å²) in [6.07, 6.45) is 1.11. The SMILES string of the molecule is O=C(Cl)CCc1cccc2ccccc12. The fraction of sp³-hybridized carbons (Fsp3) is 0.154. The van der Waals surface area contributed by atoms with Crippen LogP contribution in [-0.2, 0) is 11.2 Å². The number of hydrogen-bond donors (Lipinski definition) is 0. The van der Waals surface area contributed by atoms with Crippen LogP contribution in [0.5, 0.6) is 0 Å². The van der Waals surface area contributed by atoms with Crippen molar-refractivity contribution in [1.82, 2.24) is 0 Å². The van der Waals surface area contributed by atoms with Crippen molar-refractivity contribution in [2.45, 2.75) is 12.8 Å². The van der Waals surface area contributed by atoms with Gasteiger partial charge in [0, 0.05) is 6.42 Å². The van der Waals surface area contributed by atoms with Crippen molar-refractivity contribution in [2.24, 2.45) is 0 Å². The molecule has 2 rings (SSSR count). The molecule has 0 N–H and O–H groups in total. The average molecular weight is 219 g/mol. The van der Waals surface area contributed by atoms with Crippen LogP contribution in [0.25, 0.3) is 10.8 Å². The molecule has 0 aromatic heterocycles. The van der Waals surface area contributed by atoms with Gasteiger partial charge in [0.15, 0.2) is 0 Å². The van der Waals surface area contributed by atoms with Gasteiger partial charge in [0.05, 0.1) is 0 Å². The van der Waals surface area contributed by atoms with Crippen LogP contribution in [0, 0.1) is 0 Å². The first-order valence-electron chi connectivity index (χ1n) is 4.92. The molecule has 0 radical (unpaired) electrons. The quantitative estimate of drug-likeness (QED) is 0.721. The van der Waals surface area contributed by atoms with E-state index in [-0.39, 0.29) is 5.24 Å². The summed E-state index contributed by atoms with van der Waals surface area (Å²) in [6.45, 7) is 0. The summed E-state index contributed by atoms with van der Waals surface area (Å²) in [6, 6.07) is 14.3. The fourth-order valence-electron chi connectivity index (χ4n) is 1.74. The summed E-state index contributed by atoms with van der Waals surface area (Å²) in [5, 5.41) is 2.14. The van der Waals surface area contributed by atoms with Gasteiger partial charge in [0.1, 0.15) is 0 Å². The maximum Gasteiger partial charge on any atom is 0.221 e. The highest BCUT2D eigenvalue weighted by atomic mass is 35.5. The summed E-state index contributed by atoms with van der Waals surface area (Å²) >= 11 is 5.34. The van der Waals surface area contributed by atoms with Crippen molar-refractivity contribution >= 4 is 27.6 Å². The number of rotatable bonds is 3. The van der Waals surface area contributed by atoms with E-state index in [2.05, 4.69) is 18.2 Å². The molecule has 0 atom stereocenters. The lowest BCUT2D eigenvalue weighted by Crippen LogP contribution is -1.92. The number of halogens is 1. The van der Waals surface area contributed by atoms with E-state index in [1.165, 1.54) is 16.3 Å². The van der Waals surface area contributed by atoms with Crippen LogP contribution in [0.4, 0.5) is 0 Å². The molecule has 0 saturated carbocycles. The molecule has 0 heterocycles. The molecule has 0 spiro atoms. The Hall–Kier alpha value is -1.34. The van der Waals surface area contributed by atoms with E-state index in [1.807, 2.05) is 24.3 Å². The zero-order valence-electron chi connectivity index (χ0n) is 8.24. The molecular formula is C13H11ClO. The maximum atomic E-state index is 10.7. The van der Waals surface area contributed by atoms with E-state index < -0.39 is 0 Å². The number of benzene rings is 2. The average Bonchev–Trinajstić information content (AvgIpc) is 2.26. The number of hydrogen-bond acceptors (Lipinski definition) is 1. The van der Waals surface area contributed by atoms with Crippen LogP contribution in [0.1, 0.15) is 12.0 Å². The van der Waals surface area contributed by atoms with Gasteiger partial charge >= 0.3 is 0 Å². The van der Waals surface area contributed by atoms with Gasteiger partial charge in [0.2, 0.25) is 5.24 Å². The van der Waals surface area contributed by atoms with Gasteiger partial charge in [0.25, 0.3) is 0 Å². The van der Waals surface area contributed by atoms with Crippen LogP contribution < -0.4 is 0 Å². The molecule has 2 heteroatoms. The van der Waals surface area contributed by atoms with Gasteiger partial charge in [-0.25, -0.2) is 0 Å². The standard InChI is InChI=1S/C13H11ClO/c14-13(15)9-8-11-6-3-5-10-4-1-2-7-12(10)11/h1-7H,8-9H2. The first-order chi connectivity index (χ1) is 7.27. The van der Waals surface area contributed by atoms with E-state index in [1.54, 1.807) is 0 Å². The second kappa shape index (κ2) is 4.45. The normalized spacial score (nSPS) is 10.5. The molecule has 0 bridgehead atoms. The Labute approximate surface area is 93.7 Å². The molecule has 0 amide bonds. The zero-order valence-corrected chi connectivity index (χ0v) is 9.00. The Bertz CT molecular complexity index is 485. The number of carbonyl (C=O) groups excluding carboxylic acids is 1. The van der Waals surface area contributed by atoms with Crippen molar-refractivity contribution in [3.63, 3.8) is 0 Å². The van der Waals surface area contributed by atoms with Gasteiger partial charge in [-0.1, -0.05) is 42.5 Å². The van der Waals surface area contributed by atoms with Crippen molar-refractivity contribution in [2.75, 3.05) is 0 Å². The first kappa shape index (κ1) is 10.2. The minimum Gasteiger partial charge on any atom is -0.281 e. The van der Waals surface area contributed by atoms with Gasteiger partial charge in [-0.15, -0.1) is 0 Å². The summed E-state index contributed by atoms with van der Waals surface area (Å²) in [5.41, 5.74) is 1.18. The third kappa shape index (κ3) is 2.37. The lowest BCUT2D eigenvalue weighted by atomic mass is 10.0. The summed E-state index contributed by atoms with van der Waals surface area (Å²) in [4.78, 5) is 10.7. The van der Waals surface area contributed by atoms with Crippen LogP contribution in [0.3, 0.4) is 0 Å². The number of carbonyl (C=O) groups is 1. The van der Waals surface area contributed by atoms with E-state index in [9.17, 15) is 4.79 Å². The van der Waals surface area contributed by atoms with Gasteiger partial charge < -0.3 is 0 Å². The zero-order chi connectivity index (χ0) is 10.7. The molecule has 0 aliphatic rings. The Balaban J connectivity index is 2.38. The van der Waals surface area contributed by atoms with Crippen LogP contribution >= 0.6 is 11.6 Å². The predicted molar refractivity (Wildman–Crippen MR) is 63.1 cm³/mol. The Kier molecular flexibility index (Phi) is 3.02. The molecule has 2 aromatic carbocycles. The topological polar surface area (TPSA) is 17.1 Å². The van der Waals surface area contributed by atoms with Crippen LogP contribution in [0.15, 0.2) is 42.5 Å². The minimum absolute atomic E-state index is 0.275. The third-order valence-electron chi connectivity index (χ3n) is 2.47. The van der Waals surface area contributed by atoms with Crippen LogP contribution in [-0.4, -0.2) is 5.24 Å². The molecule has 1 nitrogen and oxygen atoms in total. The largest absolute Gasteiger partial charge is 0.281 e. The van der Waals surface area contributed by atoms with Gasteiger partial charge in [-0.2, -0.15) is 0 Å². The van der Waals surface area contributed by atoms with Gasteiger partial charge in [-0.05, 0) is 34.4 Å². The first-order valence-corrected chi connectivity index (χ1v) is 5.30. The minimum atomic E-state index is -0.275.